The summed E-state index contributed by atoms with van der Waals surface area (Å²) in [6, 6.07) is 25.0. The van der Waals surface area contributed by atoms with Gasteiger partial charge in [-0.3, -0.25) is 0 Å². The van der Waals surface area contributed by atoms with Crippen LogP contribution < -0.4 is 0 Å². The molecule has 26 heavy (non-hydrogen) atoms. The topological polar surface area (TPSA) is 0 Å². The average Bonchev–Trinajstić information content (AvgIpc) is 3.15. The Hall–Kier alpha value is -2.38. The van der Waals surface area contributed by atoms with Gasteiger partial charge >= 0.3 is 0 Å². The highest BCUT2D eigenvalue weighted by Gasteiger charge is 2.35. The summed E-state index contributed by atoms with van der Waals surface area (Å²) >= 11 is 0. The molecule has 3 aromatic rings. The van der Waals surface area contributed by atoms with Crippen LogP contribution in [0.4, 0.5) is 0 Å². The first-order valence-corrected chi connectivity index (χ1v) is 12.6. The van der Waals surface area contributed by atoms with Gasteiger partial charge in [0, 0.05) is 20.3 Å². The smallest absolute Gasteiger partial charge is 0.0444 e. The van der Waals surface area contributed by atoms with Gasteiger partial charge in [0.1, 0.15) is 0 Å². The normalized spacial score (nSPS) is 19.9. The fraction of sp³-hybridized carbons (Fsp3) is 0.200. The fourth-order valence-electron chi connectivity index (χ4n) is 5.17. The van der Waals surface area contributed by atoms with Gasteiger partial charge < -0.3 is 0 Å². The van der Waals surface area contributed by atoms with Crippen LogP contribution in [-0.4, -0.2) is 8.80 Å². The summed E-state index contributed by atoms with van der Waals surface area (Å²) < 4.78 is 0. The largest absolute Gasteiger partial charge is 0.0714 e. The molecule has 1 heteroatoms. The van der Waals surface area contributed by atoms with Crippen molar-refractivity contribution < 1.29 is 0 Å². The molecule has 0 nitrogen and oxygen atoms in total. The molecule has 2 aliphatic rings. The molecule has 0 fully saturated rings. The zero-order valence-electron chi connectivity index (χ0n) is 15.7. The second kappa shape index (κ2) is 5.82. The minimum absolute atomic E-state index is 0.391. The summed E-state index contributed by atoms with van der Waals surface area (Å²) in [5.41, 5.74) is 12.6. The van der Waals surface area contributed by atoms with Crippen molar-refractivity contribution in [1.82, 2.24) is 0 Å². The van der Waals surface area contributed by atoms with Gasteiger partial charge in [0.15, 0.2) is 0 Å². The van der Waals surface area contributed by atoms with Crippen molar-refractivity contribution in [3.05, 3.63) is 100 Å². The quantitative estimate of drug-likeness (QED) is 0.470. The van der Waals surface area contributed by atoms with Crippen LogP contribution in [0.25, 0.3) is 17.2 Å². The maximum Gasteiger partial charge on any atom is 0.0444 e. The number of hydrogen-bond acceptors (Lipinski definition) is 0. The second-order valence-electron chi connectivity index (χ2n) is 8.07. The van der Waals surface area contributed by atoms with E-state index < -0.39 is 8.80 Å². The van der Waals surface area contributed by atoms with Crippen LogP contribution in [0.1, 0.15) is 46.2 Å². The molecule has 0 bridgehead atoms. The number of allylic oxidation sites excluding steroid dienone is 1. The molecule has 0 aliphatic heterocycles. The first kappa shape index (κ1) is 15.8. The lowest BCUT2D eigenvalue weighted by Crippen LogP contribution is -2.15. The maximum atomic E-state index is 2.49. The Labute approximate surface area is 157 Å². The van der Waals surface area contributed by atoms with Crippen molar-refractivity contribution in [1.29, 1.82) is 0 Å². The van der Waals surface area contributed by atoms with Gasteiger partial charge in [0.05, 0.1) is 0 Å². The predicted molar refractivity (Wildman–Crippen MR) is 115 cm³/mol. The third-order valence-corrected chi connectivity index (χ3v) is 8.20. The number of fused-ring (bicyclic) bond motifs is 4. The molecule has 2 atom stereocenters. The van der Waals surface area contributed by atoms with Gasteiger partial charge in [-0.2, -0.15) is 0 Å². The van der Waals surface area contributed by atoms with E-state index in [1.54, 1.807) is 11.1 Å². The van der Waals surface area contributed by atoms with Crippen LogP contribution >= 0.6 is 0 Å². The molecule has 0 saturated heterocycles. The first-order chi connectivity index (χ1) is 12.7. The van der Waals surface area contributed by atoms with Crippen molar-refractivity contribution in [2.24, 2.45) is 0 Å². The van der Waals surface area contributed by atoms with E-state index in [-0.39, 0.29) is 0 Å². The molecule has 128 valence electrons. The first-order valence-electron chi connectivity index (χ1n) is 9.66. The minimum Gasteiger partial charge on any atom is -0.0714 e. The lowest BCUT2D eigenvalue weighted by Gasteiger charge is -2.21. The van der Waals surface area contributed by atoms with Crippen LogP contribution in [0, 0.1) is 0 Å². The van der Waals surface area contributed by atoms with E-state index in [1.165, 1.54) is 33.4 Å². The monoisotopic (exact) mass is 352 g/mol. The molecular weight excluding hydrogens is 328 g/mol. The maximum absolute atomic E-state index is 2.49. The van der Waals surface area contributed by atoms with E-state index in [2.05, 4.69) is 92.8 Å². The van der Waals surface area contributed by atoms with Crippen LogP contribution in [0.15, 0.2) is 72.3 Å². The molecule has 0 spiro atoms. The summed E-state index contributed by atoms with van der Waals surface area (Å²) in [5, 5.41) is 0. The van der Waals surface area contributed by atoms with Crippen molar-refractivity contribution >= 4 is 14.9 Å². The fourth-order valence-corrected chi connectivity index (χ4v) is 7.18. The van der Waals surface area contributed by atoms with Gasteiger partial charge in [-0.1, -0.05) is 91.5 Å². The van der Waals surface area contributed by atoms with Gasteiger partial charge in [-0.25, -0.2) is 0 Å². The van der Waals surface area contributed by atoms with Crippen LogP contribution in [0.5, 0.6) is 0 Å². The molecule has 0 N–H and O–H groups in total. The molecule has 1 unspecified atom stereocenters. The molecule has 0 saturated carbocycles. The van der Waals surface area contributed by atoms with E-state index in [0.717, 1.165) is 0 Å². The predicted octanol–water partition coefficient (Wildman–Crippen LogP) is 6.37. The Morgan fingerprint density at radius 2 is 1.35 bits per heavy atom. The summed E-state index contributed by atoms with van der Waals surface area (Å²) in [5.74, 6) is 0.391. The van der Waals surface area contributed by atoms with Crippen molar-refractivity contribution in [2.45, 2.75) is 31.5 Å². The minimum atomic E-state index is -0.849. The zero-order chi connectivity index (χ0) is 17.8. The number of benzene rings is 3. The Morgan fingerprint density at radius 3 is 2.15 bits per heavy atom. The molecule has 2 aliphatic carbocycles. The third kappa shape index (κ3) is 2.13. The van der Waals surface area contributed by atoms with Gasteiger partial charge in [-0.15, -0.1) is 0 Å². The van der Waals surface area contributed by atoms with Crippen molar-refractivity contribution in [2.75, 3.05) is 0 Å². The van der Waals surface area contributed by atoms with E-state index in [4.69, 9.17) is 0 Å². The molecule has 5 rings (SSSR count). The highest BCUT2D eigenvalue weighted by Crippen LogP contribution is 2.52. The molecule has 0 radical (unpaired) electrons. The SMILES string of the molecule is CC1=Cc2ccccc2[C@@H]1c1cccc2c1-c1ccccc1C2[SiH](C)C. The molecule has 0 amide bonds. The molecule has 3 aromatic carbocycles. The summed E-state index contributed by atoms with van der Waals surface area (Å²) in [6.45, 7) is 7.26. The van der Waals surface area contributed by atoms with Crippen molar-refractivity contribution in [3.63, 3.8) is 0 Å². The second-order valence-corrected chi connectivity index (χ2v) is 11.2. The van der Waals surface area contributed by atoms with E-state index in [9.17, 15) is 0 Å². The number of hydrogen-bond donors (Lipinski definition) is 0. The third-order valence-electron chi connectivity index (χ3n) is 6.15. The van der Waals surface area contributed by atoms with Gasteiger partial charge in [0.2, 0.25) is 0 Å². The Bertz CT molecular complexity index is 1040. The number of rotatable bonds is 2. The van der Waals surface area contributed by atoms with E-state index in [0.29, 0.717) is 11.5 Å². The average molecular weight is 353 g/mol. The highest BCUT2D eigenvalue weighted by molar-refractivity contribution is 6.59. The van der Waals surface area contributed by atoms with E-state index in [1.807, 2.05) is 0 Å². The Kier molecular flexibility index (Phi) is 3.55. The summed E-state index contributed by atoms with van der Waals surface area (Å²) in [4.78, 5) is 0. The summed E-state index contributed by atoms with van der Waals surface area (Å²) in [7, 11) is -0.849. The zero-order valence-corrected chi connectivity index (χ0v) is 16.8. The van der Waals surface area contributed by atoms with E-state index >= 15 is 0 Å². The van der Waals surface area contributed by atoms with Crippen molar-refractivity contribution in [3.8, 4) is 11.1 Å². The van der Waals surface area contributed by atoms with Crippen LogP contribution in [0.3, 0.4) is 0 Å². The Morgan fingerprint density at radius 1 is 0.692 bits per heavy atom. The standard InChI is InChI=1S/C25H24Si/c1-16-15-17-9-4-5-10-18(17)23(16)21-13-8-14-22-24(21)19-11-6-7-12-20(19)25(22)26(2)3/h4-15,23,25-26H,1-3H3/t23-,25?/m1/s1. The lowest BCUT2D eigenvalue weighted by atomic mass is 9.84. The van der Waals surface area contributed by atoms with Crippen LogP contribution in [-0.2, 0) is 0 Å². The lowest BCUT2D eigenvalue weighted by molar-refractivity contribution is 0.976. The summed E-state index contributed by atoms with van der Waals surface area (Å²) in [6.07, 6.45) is 2.37. The molecule has 0 heterocycles. The van der Waals surface area contributed by atoms with Gasteiger partial charge in [0.25, 0.3) is 0 Å². The Balaban J connectivity index is 1.78. The van der Waals surface area contributed by atoms with Crippen LogP contribution in [0.2, 0.25) is 13.1 Å². The molecular formula is C25H24Si. The highest BCUT2D eigenvalue weighted by atomic mass is 28.3. The van der Waals surface area contributed by atoms with Gasteiger partial charge in [-0.05, 0) is 45.9 Å². The molecule has 0 aromatic heterocycles.